The van der Waals surface area contributed by atoms with Crippen LogP contribution in [0.4, 0.5) is 0 Å². The second-order valence-corrected chi connectivity index (χ2v) is 10.0. The number of thioether (sulfide) groups is 1. The molecular formula is C27H27N5O2S. The van der Waals surface area contributed by atoms with Gasteiger partial charge in [0.2, 0.25) is 5.91 Å². The van der Waals surface area contributed by atoms with Crippen LogP contribution in [0.1, 0.15) is 29.5 Å². The highest BCUT2D eigenvalue weighted by Crippen LogP contribution is 2.35. The van der Waals surface area contributed by atoms with Crippen molar-refractivity contribution in [2.45, 2.75) is 26.7 Å². The Morgan fingerprint density at radius 1 is 1.11 bits per heavy atom. The molecule has 178 valence electrons. The number of nitrogens with two attached hydrogens (primary N) is 1. The Morgan fingerprint density at radius 2 is 1.86 bits per heavy atom. The number of amides is 2. The van der Waals surface area contributed by atoms with Gasteiger partial charge in [-0.2, -0.15) is 10.1 Å². The number of likely N-dealkylation sites (tertiary alicyclic amines) is 1. The molecule has 2 aromatic carbocycles. The van der Waals surface area contributed by atoms with E-state index in [1.54, 1.807) is 0 Å². The third kappa shape index (κ3) is 4.79. The number of nitrogens with zero attached hydrogens (tertiary/aromatic N) is 4. The van der Waals surface area contributed by atoms with Gasteiger partial charge in [0.15, 0.2) is 5.17 Å². The predicted molar refractivity (Wildman–Crippen MR) is 140 cm³/mol. The number of aromatic nitrogens is 2. The SMILES string of the molecule is Cc1ccc(C)c(-c2nn(-c3ccccc3)cc2/C=C2\SC(N3CCC(C(N)=O)CC3)=NC2=O)c1. The first-order valence-electron chi connectivity index (χ1n) is 11.7. The maximum Gasteiger partial charge on any atom is 0.286 e. The molecule has 0 aliphatic carbocycles. The summed E-state index contributed by atoms with van der Waals surface area (Å²) in [6.07, 6.45) is 5.22. The summed E-state index contributed by atoms with van der Waals surface area (Å²) in [4.78, 5) is 31.3. The third-order valence-electron chi connectivity index (χ3n) is 6.48. The Morgan fingerprint density at radius 3 is 2.57 bits per heavy atom. The average Bonchev–Trinajstić information content (AvgIpc) is 3.45. The van der Waals surface area contributed by atoms with Crippen molar-refractivity contribution in [3.8, 4) is 16.9 Å². The van der Waals surface area contributed by atoms with Crippen molar-refractivity contribution in [2.75, 3.05) is 13.1 Å². The number of rotatable bonds is 4. The number of carbonyl (C=O) groups excluding carboxylic acids is 2. The van der Waals surface area contributed by atoms with E-state index in [4.69, 9.17) is 10.8 Å². The van der Waals surface area contributed by atoms with E-state index >= 15 is 0 Å². The largest absolute Gasteiger partial charge is 0.369 e. The molecule has 5 rings (SSSR count). The maximum absolute atomic E-state index is 12.8. The van der Waals surface area contributed by atoms with Crippen molar-refractivity contribution < 1.29 is 9.59 Å². The highest BCUT2D eigenvalue weighted by molar-refractivity contribution is 8.18. The molecule has 0 spiro atoms. The molecule has 2 aliphatic heterocycles. The summed E-state index contributed by atoms with van der Waals surface area (Å²) in [6, 6.07) is 16.2. The Balaban J connectivity index is 1.47. The number of hydrogen-bond acceptors (Lipinski definition) is 5. The number of amidine groups is 1. The zero-order chi connectivity index (χ0) is 24.5. The molecule has 2 aliphatic rings. The number of para-hydroxylation sites is 1. The number of aryl methyl sites for hydroxylation is 2. The molecule has 7 nitrogen and oxygen atoms in total. The lowest BCUT2D eigenvalue weighted by Crippen LogP contribution is -2.40. The first-order chi connectivity index (χ1) is 16.9. The van der Waals surface area contributed by atoms with Crippen LogP contribution in [0.15, 0.2) is 64.6 Å². The Labute approximate surface area is 208 Å². The van der Waals surface area contributed by atoms with Crippen molar-refractivity contribution in [3.05, 3.63) is 76.3 Å². The van der Waals surface area contributed by atoms with E-state index in [9.17, 15) is 9.59 Å². The molecule has 2 amide bonds. The van der Waals surface area contributed by atoms with Gasteiger partial charge >= 0.3 is 0 Å². The van der Waals surface area contributed by atoms with E-state index in [-0.39, 0.29) is 17.7 Å². The second kappa shape index (κ2) is 9.54. The molecule has 2 N–H and O–H groups in total. The highest BCUT2D eigenvalue weighted by atomic mass is 32.2. The second-order valence-electron chi connectivity index (χ2n) is 9.01. The molecule has 35 heavy (non-hydrogen) atoms. The van der Waals surface area contributed by atoms with Crippen LogP contribution < -0.4 is 5.73 Å². The molecule has 0 atom stereocenters. The molecule has 0 bridgehead atoms. The smallest absolute Gasteiger partial charge is 0.286 e. The van der Waals surface area contributed by atoms with Gasteiger partial charge in [0.1, 0.15) is 5.69 Å². The first-order valence-corrected chi connectivity index (χ1v) is 12.5. The van der Waals surface area contributed by atoms with Crippen LogP contribution in [0.2, 0.25) is 0 Å². The fourth-order valence-corrected chi connectivity index (χ4v) is 5.39. The number of hydrogen-bond donors (Lipinski definition) is 1. The van der Waals surface area contributed by atoms with E-state index in [0.717, 1.165) is 33.6 Å². The highest BCUT2D eigenvalue weighted by Gasteiger charge is 2.31. The fourth-order valence-electron chi connectivity index (χ4n) is 4.44. The third-order valence-corrected chi connectivity index (χ3v) is 7.52. The van der Waals surface area contributed by atoms with Gasteiger partial charge < -0.3 is 10.6 Å². The van der Waals surface area contributed by atoms with Crippen molar-refractivity contribution in [1.82, 2.24) is 14.7 Å². The average molecular weight is 486 g/mol. The number of benzene rings is 2. The molecule has 8 heteroatoms. The lowest BCUT2D eigenvalue weighted by molar-refractivity contribution is -0.123. The summed E-state index contributed by atoms with van der Waals surface area (Å²) in [7, 11) is 0. The van der Waals surface area contributed by atoms with Gasteiger partial charge in [-0.3, -0.25) is 9.59 Å². The zero-order valence-electron chi connectivity index (χ0n) is 19.8. The maximum atomic E-state index is 12.8. The zero-order valence-corrected chi connectivity index (χ0v) is 20.6. The lowest BCUT2D eigenvalue weighted by Gasteiger charge is -2.31. The molecular weight excluding hydrogens is 458 g/mol. The van der Waals surface area contributed by atoms with Gasteiger partial charge in [-0.25, -0.2) is 4.68 Å². The summed E-state index contributed by atoms with van der Waals surface area (Å²) < 4.78 is 1.85. The van der Waals surface area contributed by atoms with Crippen molar-refractivity contribution in [3.63, 3.8) is 0 Å². The minimum Gasteiger partial charge on any atom is -0.369 e. The van der Waals surface area contributed by atoms with Crippen molar-refractivity contribution >= 4 is 34.8 Å². The summed E-state index contributed by atoms with van der Waals surface area (Å²) in [5.41, 5.74) is 11.4. The van der Waals surface area contributed by atoms with Gasteiger partial charge in [0.25, 0.3) is 5.91 Å². The van der Waals surface area contributed by atoms with Gasteiger partial charge in [0.05, 0.1) is 10.6 Å². The van der Waals surface area contributed by atoms with Crippen molar-refractivity contribution in [1.29, 1.82) is 0 Å². The van der Waals surface area contributed by atoms with Gasteiger partial charge in [-0.05, 0) is 68.3 Å². The van der Waals surface area contributed by atoms with Gasteiger partial charge in [-0.1, -0.05) is 35.9 Å². The van der Waals surface area contributed by atoms with E-state index < -0.39 is 0 Å². The van der Waals surface area contributed by atoms with Gasteiger partial charge in [-0.15, -0.1) is 0 Å². The number of piperidine rings is 1. The molecule has 1 fully saturated rings. The van der Waals surface area contributed by atoms with E-state index in [1.807, 2.05) is 47.3 Å². The molecule has 0 radical (unpaired) electrons. The molecule has 3 heterocycles. The standard InChI is InChI=1S/C27H27N5O2S/c1-17-8-9-18(2)22(14-17)24-20(16-32(30-24)21-6-4-3-5-7-21)15-23-26(34)29-27(35-23)31-12-10-19(11-13-31)25(28)33/h3-9,14-16,19H,10-13H2,1-2H3,(H2,28,33)/b23-15-. The number of primary amides is 1. The number of carbonyl (C=O) groups is 2. The van der Waals surface area contributed by atoms with Crippen LogP contribution in [0.5, 0.6) is 0 Å². The summed E-state index contributed by atoms with van der Waals surface area (Å²) in [6.45, 7) is 5.46. The monoisotopic (exact) mass is 485 g/mol. The summed E-state index contributed by atoms with van der Waals surface area (Å²) in [5.74, 6) is -0.606. The fraction of sp³-hybridized carbons (Fsp3) is 0.259. The summed E-state index contributed by atoms with van der Waals surface area (Å²) in [5, 5.41) is 5.60. The quantitative estimate of drug-likeness (QED) is 0.556. The normalized spacial score (nSPS) is 17.8. The Kier molecular flexibility index (Phi) is 6.30. The topological polar surface area (TPSA) is 93.6 Å². The number of aliphatic imine (C=N–C) groups is 1. The lowest BCUT2D eigenvalue weighted by atomic mass is 9.97. The minimum atomic E-state index is -0.253. The van der Waals surface area contributed by atoms with Crippen LogP contribution in [0.25, 0.3) is 23.0 Å². The van der Waals surface area contributed by atoms with Gasteiger partial charge in [0, 0.05) is 36.3 Å². The molecule has 1 saturated heterocycles. The van der Waals surface area contributed by atoms with E-state index in [2.05, 4.69) is 41.9 Å². The molecule has 0 saturated carbocycles. The molecule has 1 aromatic heterocycles. The predicted octanol–water partition coefficient (Wildman–Crippen LogP) is 4.32. The van der Waals surface area contributed by atoms with E-state index in [0.29, 0.717) is 36.0 Å². The first kappa shape index (κ1) is 23.1. The van der Waals surface area contributed by atoms with Crippen molar-refractivity contribution in [2.24, 2.45) is 16.6 Å². The minimum absolute atomic E-state index is 0.104. The molecule has 0 unspecified atom stereocenters. The van der Waals surface area contributed by atoms with Crippen LogP contribution in [-0.2, 0) is 9.59 Å². The summed E-state index contributed by atoms with van der Waals surface area (Å²) >= 11 is 1.38. The van der Waals surface area contributed by atoms with Crippen LogP contribution in [0, 0.1) is 19.8 Å². The Hall–Kier alpha value is -3.65. The van der Waals surface area contributed by atoms with Crippen LogP contribution >= 0.6 is 11.8 Å². The Bertz CT molecular complexity index is 1350. The van der Waals surface area contributed by atoms with Crippen LogP contribution in [-0.4, -0.2) is 44.8 Å². The van der Waals surface area contributed by atoms with Crippen LogP contribution in [0.3, 0.4) is 0 Å². The van der Waals surface area contributed by atoms with E-state index in [1.165, 1.54) is 11.8 Å². The molecule has 3 aromatic rings.